The number of hydrogen-bond donors (Lipinski definition) is 1. The molecule has 4 nitrogen and oxygen atoms in total. The second kappa shape index (κ2) is 7.43. The van der Waals surface area contributed by atoms with Crippen molar-refractivity contribution in [3.05, 3.63) is 28.8 Å². The van der Waals surface area contributed by atoms with E-state index in [1.54, 1.807) is 7.11 Å². The summed E-state index contributed by atoms with van der Waals surface area (Å²) >= 11 is 6.13. The highest BCUT2D eigenvalue weighted by Crippen LogP contribution is 2.49. The minimum absolute atomic E-state index is 0.687. The Bertz CT molecular complexity index is 587. The number of ether oxygens (including phenoxy) is 1. The first kappa shape index (κ1) is 17.6. The van der Waals surface area contributed by atoms with Crippen LogP contribution in [0.4, 0.5) is 0 Å². The lowest BCUT2D eigenvalue weighted by Crippen LogP contribution is -2.58. The molecule has 4 rings (SSSR count). The molecule has 3 aliphatic rings. The van der Waals surface area contributed by atoms with Gasteiger partial charge < -0.3 is 10.1 Å². The van der Waals surface area contributed by atoms with Crippen LogP contribution >= 0.6 is 11.6 Å². The molecular formula is C20H30ClN3O. The number of piperazine rings is 1. The first-order chi connectivity index (χ1) is 12.2. The van der Waals surface area contributed by atoms with E-state index in [-0.39, 0.29) is 0 Å². The van der Waals surface area contributed by atoms with Crippen LogP contribution in [0.25, 0.3) is 0 Å². The summed E-state index contributed by atoms with van der Waals surface area (Å²) in [6, 6.07) is 6.97. The molecule has 2 heterocycles. The Hall–Kier alpha value is -0.810. The zero-order valence-corrected chi connectivity index (χ0v) is 16.0. The van der Waals surface area contributed by atoms with Gasteiger partial charge in [-0.2, -0.15) is 0 Å². The van der Waals surface area contributed by atoms with Gasteiger partial charge >= 0.3 is 0 Å². The van der Waals surface area contributed by atoms with Crippen LogP contribution in [-0.4, -0.2) is 62.2 Å². The second-order valence-corrected chi connectivity index (χ2v) is 8.50. The summed E-state index contributed by atoms with van der Waals surface area (Å²) in [7, 11) is 1.68. The molecule has 0 unspecified atom stereocenters. The minimum atomic E-state index is 0.687. The van der Waals surface area contributed by atoms with Gasteiger partial charge in [0.05, 0.1) is 12.1 Å². The Balaban J connectivity index is 1.25. The van der Waals surface area contributed by atoms with Crippen molar-refractivity contribution in [2.75, 3.05) is 46.4 Å². The number of benzene rings is 1. The Morgan fingerprint density at radius 3 is 2.56 bits per heavy atom. The Morgan fingerprint density at radius 2 is 1.88 bits per heavy atom. The van der Waals surface area contributed by atoms with Crippen LogP contribution in [0.3, 0.4) is 0 Å². The van der Waals surface area contributed by atoms with Gasteiger partial charge in [-0.25, -0.2) is 0 Å². The number of halogens is 1. The number of hydrogen-bond acceptors (Lipinski definition) is 4. The average molecular weight is 364 g/mol. The average Bonchev–Trinajstić information content (AvgIpc) is 2.63. The molecule has 2 saturated heterocycles. The fourth-order valence-corrected chi connectivity index (χ4v) is 5.11. The number of piperidine rings is 1. The van der Waals surface area contributed by atoms with Crippen LogP contribution in [0.5, 0.6) is 5.75 Å². The van der Waals surface area contributed by atoms with Gasteiger partial charge in [0, 0.05) is 38.8 Å². The summed E-state index contributed by atoms with van der Waals surface area (Å²) in [6.45, 7) is 8.19. The Morgan fingerprint density at radius 1 is 1.16 bits per heavy atom. The third-order valence-corrected chi connectivity index (χ3v) is 6.86. The highest BCUT2D eigenvalue weighted by Gasteiger charge is 2.46. The summed E-state index contributed by atoms with van der Waals surface area (Å²) in [6.07, 6.45) is 5.65. The lowest BCUT2D eigenvalue weighted by atomic mass is 9.60. The molecule has 25 heavy (non-hydrogen) atoms. The van der Waals surface area contributed by atoms with Crippen molar-refractivity contribution in [3.63, 3.8) is 0 Å². The van der Waals surface area contributed by atoms with Crippen molar-refractivity contribution in [1.29, 1.82) is 0 Å². The number of rotatable bonds is 4. The van der Waals surface area contributed by atoms with Crippen molar-refractivity contribution in [1.82, 2.24) is 15.1 Å². The lowest BCUT2D eigenvalue weighted by molar-refractivity contribution is -0.0386. The summed E-state index contributed by atoms with van der Waals surface area (Å²) in [5.41, 5.74) is 1.97. The third kappa shape index (κ3) is 3.82. The van der Waals surface area contributed by atoms with Gasteiger partial charge in [-0.1, -0.05) is 17.7 Å². The quantitative estimate of drug-likeness (QED) is 0.890. The molecule has 138 valence electrons. The Labute approximate surface area is 156 Å². The van der Waals surface area contributed by atoms with E-state index in [9.17, 15) is 0 Å². The van der Waals surface area contributed by atoms with Gasteiger partial charge in [0.25, 0.3) is 0 Å². The number of nitrogens with zero attached hydrogens (tertiary/aromatic N) is 2. The van der Waals surface area contributed by atoms with E-state index < -0.39 is 0 Å². The zero-order valence-electron chi connectivity index (χ0n) is 15.3. The van der Waals surface area contributed by atoms with Crippen LogP contribution < -0.4 is 10.1 Å². The zero-order chi connectivity index (χ0) is 17.3. The molecule has 0 amide bonds. The van der Waals surface area contributed by atoms with Crippen LogP contribution in [0, 0.1) is 5.41 Å². The summed E-state index contributed by atoms with van der Waals surface area (Å²) in [4.78, 5) is 5.30. The monoisotopic (exact) mass is 363 g/mol. The maximum Gasteiger partial charge on any atom is 0.137 e. The molecule has 0 aromatic heterocycles. The molecule has 1 aliphatic carbocycles. The second-order valence-electron chi connectivity index (χ2n) is 8.09. The molecule has 1 aromatic rings. The molecular weight excluding hydrogens is 334 g/mol. The first-order valence-corrected chi connectivity index (χ1v) is 10.0. The van der Waals surface area contributed by atoms with E-state index in [2.05, 4.69) is 27.2 Å². The number of methoxy groups -OCH3 is 1. The SMILES string of the molecule is COc1cc(CN2CCN(C3CC4(CCNCC4)C3)CC2)ccc1Cl. The van der Waals surface area contributed by atoms with Crippen molar-refractivity contribution < 1.29 is 4.74 Å². The van der Waals surface area contributed by atoms with Gasteiger partial charge in [-0.3, -0.25) is 9.80 Å². The van der Waals surface area contributed by atoms with Gasteiger partial charge in [0.15, 0.2) is 0 Å². The smallest absolute Gasteiger partial charge is 0.137 e. The topological polar surface area (TPSA) is 27.7 Å². The van der Waals surface area contributed by atoms with E-state index >= 15 is 0 Å². The molecule has 0 bridgehead atoms. The molecule has 0 atom stereocenters. The fourth-order valence-electron chi connectivity index (χ4n) is 4.91. The predicted octanol–water partition coefficient (Wildman–Crippen LogP) is 3.00. The molecule has 5 heteroatoms. The van der Waals surface area contributed by atoms with Crippen LogP contribution in [0.2, 0.25) is 5.02 Å². The highest BCUT2D eigenvalue weighted by molar-refractivity contribution is 6.32. The molecule has 2 aliphatic heterocycles. The van der Waals surface area contributed by atoms with Gasteiger partial charge in [0.2, 0.25) is 0 Å². The highest BCUT2D eigenvalue weighted by atomic mass is 35.5. The van der Waals surface area contributed by atoms with Crippen molar-refractivity contribution >= 4 is 11.6 Å². The van der Waals surface area contributed by atoms with Gasteiger partial charge in [-0.05, 0) is 61.9 Å². The standard InChI is InChI=1S/C20H30ClN3O/c1-25-19-12-16(2-3-18(19)21)15-23-8-10-24(11-9-23)17-13-20(14-17)4-6-22-7-5-20/h2-3,12,17,22H,4-11,13-15H2,1H3. The lowest BCUT2D eigenvalue weighted by Gasteiger charge is -2.55. The molecule has 1 saturated carbocycles. The Kier molecular flexibility index (Phi) is 5.23. The van der Waals surface area contributed by atoms with E-state index in [4.69, 9.17) is 16.3 Å². The van der Waals surface area contributed by atoms with Crippen molar-refractivity contribution in [2.24, 2.45) is 5.41 Å². The third-order valence-electron chi connectivity index (χ3n) is 6.55. The summed E-state index contributed by atoms with van der Waals surface area (Å²) in [5.74, 6) is 0.777. The first-order valence-electron chi connectivity index (χ1n) is 9.67. The fraction of sp³-hybridized carbons (Fsp3) is 0.700. The van der Waals surface area contributed by atoms with Crippen LogP contribution in [0.15, 0.2) is 18.2 Å². The van der Waals surface area contributed by atoms with Crippen LogP contribution in [0.1, 0.15) is 31.2 Å². The van der Waals surface area contributed by atoms with Crippen LogP contribution in [-0.2, 0) is 6.54 Å². The number of nitrogens with one attached hydrogen (secondary N) is 1. The molecule has 3 fully saturated rings. The molecule has 1 spiro atoms. The maximum absolute atomic E-state index is 6.13. The normalized spacial score (nSPS) is 25.0. The van der Waals surface area contributed by atoms with E-state index in [1.165, 1.54) is 57.4 Å². The predicted molar refractivity (Wildman–Crippen MR) is 102 cm³/mol. The van der Waals surface area contributed by atoms with Gasteiger partial charge in [0.1, 0.15) is 5.75 Å². The van der Waals surface area contributed by atoms with Gasteiger partial charge in [-0.15, -0.1) is 0 Å². The van der Waals surface area contributed by atoms with Crippen molar-refractivity contribution in [2.45, 2.75) is 38.3 Å². The summed E-state index contributed by atoms with van der Waals surface area (Å²) < 4.78 is 5.34. The molecule has 1 N–H and O–H groups in total. The van der Waals surface area contributed by atoms with E-state index in [0.717, 1.165) is 31.4 Å². The maximum atomic E-state index is 6.13. The minimum Gasteiger partial charge on any atom is -0.495 e. The van der Waals surface area contributed by atoms with Crippen molar-refractivity contribution in [3.8, 4) is 5.75 Å². The van der Waals surface area contributed by atoms with E-state index in [1.807, 2.05) is 6.07 Å². The van der Waals surface area contributed by atoms with E-state index in [0.29, 0.717) is 10.4 Å². The largest absolute Gasteiger partial charge is 0.495 e. The summed E-state index contributed by atoms with van der Waals surface area (Å²) in [5, 5.41) is 4.19. The molecule has 0 radical (unpaired) electrons. The molecule has 1 aromatic carbocycles.